The summed E-state index contributed by atoms with van der Waals surface area (Å²) < 4.78 is 18.7. The number of anilines is 2. The zero-order valence-electron chi connectivity index (χ0n) is 21.6. The molecule has 0 bridgehead atoms. The van der Waals surface area contributed by atoms with E-state index in [4.69, 9.17) is 14.0 Å². The first-order valence-electron chi connectivity index (χ1n) is 12.2. The van der Waals surface area contributed by atoms with Gasteiger partial charge in [-0.05, 0) is 56.8 Å². The van der Waals surface area contributed by atoms with Gasteiger partial charge in [0.2, 0.25) is 5.91 Å². The van der Waals surface area contributed by atoms with Crippen LogP contribution in [0.2, 0.25) is 0 Å². The maximum absolute atomic E-state index is 13.7. The molecule has 184 valence electrons. The van der Waals surface area contributed by atoms with Crippen molar-refractivity contribution in [2.45, 2.75) is 38.9 Å². The number of hydrogen-bond donors (Lipinski definition) is 3. The maximum atomic E-state index is 13.7. The SMILES string of the molecule is CNC(=O)/C(B1Nc2cccc3cccc(c23)N1)=C(\B1OC(C)(C)C(C)(C)O1)c1ccccc1OC. The topological polar surface area (TPSA) is 80.9 Å². The molecule has 1 saturated heterocycles. The standard InChI is InChI=1S/C27H31B2N3O4/c1-26(2)27(3,4)36-29(35-26)23(18-13-7-8-16-21(18)34-6)24(25(33)30-5)28-31-19-14-9-11-17-12-10-15-20(32-28)22(17)19/h7-16,31-32H,1-6H3,(H,30,33)/b24-23+. The zero-order valence-corrected chi connectivity index (χ0v) is 21.6. The Bertz CT molecular complexity index is 1320. The van der Waals surface area contributed by atoms with E-state index in [9.17, 15) is 4.79 Å². The van der Waals surface area contributed by atoms with Crippen molar-refractivity contribution >= 4 is 47.6 Å². The Morgan fingerprint density at radius 1 is 0.889 bits per heavy atom. The first kappa shape index (κ1) is 24.3. The number of hydrogen-bond acceptors (Lipinski definition) is 6. The van der Waals surface area contributed by atoms with Crippen molar-refractivity contribution in [1.29, 1.82) is 0 Å². The van der Waals surface area contributed by atoms with Gasteiger partial charge in [0.1, 0.15) is 5.75 Å². The number of nitrogens with one attached hydrogen (secondary N) is 3. The minimum absolute atomic E-state index is 0.248. The van der Waals surface area contributed by atoms with Gasteiger partial charge < -0.3 is 29.8 Å². The van der Waals surface area contributed by atoms with Crippen molar-refractivity contribution in [3.05, 3.63) is 71.7 Å². The minimum atomic E-state index is -0.796. The maximum Gasteiger partial charge on any atom is 0.495 e. The summed E-state index contributed by atoms with van der Waals surface area (Å²) in [5, 5.41) is 12.1. The van der Waals surface area contributed by atoms with Gasteiger partial charge in [-0.1, -0.05) is 42.5 Å². The van der Waals surface area contributed by atoms with Crippen LogP contribution in [0.5, 0.6) is 5.75 Å². The number of rotatable bonds is 5. The summed E-state index contributed by atoms with van der Waals surface area (Å²) in [7, 11) is 2.45. The van der Waals surface area contributed by atoms with Crippen LogP contribution in [-0.4, -0.2) is 45.4 Å². The smallest absolute Gasteiger partial charge is 0.495 e. The molecule has 0 radical (unpaired) electrons. The van der Waals surface area contributed by atoms with Crippen LogP contribution in [0, 0.1) is 0 Å². The van der Waals surface area contributed by atoms with Crippen LogP contribution < -0.4 is 20.5 Å². The summed E-state index contributed by atoms with van der Waals surface area (Å²) >= 11 is 0. The van der Waals surface area contributed by atoms with E-state index >= 15 is 0 Å². The zero-order chi connectivity index (χ0) is 25.7. The lowest BCUT2D eigenvalue weighted by Crippen LogP contribution is -2.46. The van der Waals surface area contributed by atoms with Crippen molar-refractivity contribution in [2.75, 3.05) is 24.6 Å². The van der Waals surface area contributed by atoms with E-state index in [0.29, 0.717) is 16.7 Å². The predicted molar refractivity (Wildman–Crippen MR) is 147 cm³/mol. The van der Waals surface area contributed by atoms with Crippen molar-refractivity contribution < 1.29 is 18.8 Å². The van der Waals surface area contributed by atoms with Gasteiger partial charge in [-0.2, -0.15) is 0 Å². The molecule has 0 unspecified atom stereocenters. The molecule has 1 fully saturated rings. The molecular formula is C27H31B2N3O4. The molecule has 2 aliphatic rings. The van der Waals surface area contributed by atoms with Gasteiger partial charge in [0.05, 0.1) is 18.3 Å². The molecule has 9 heteroatoms. The Hall–Kier alpha value is -3.42. The summed E-state index contributed by atoms with van der Waals surface area (Å²) in [4.78, 5) is 13.7. The number of benzene rings is 3. The lowest BCUT2D eigenvalue weighted by Gasteiger charge is -2.32. The molecule has 0 aliphatic carbocycles. The average Bonchev–Trinajstić information content (AvgIpc) is 3.08. The first-order valence-corrected chi connectivity index (χ1v) is 12.2. The van der Waals surface area contributed by atoms with Gasteiger partial charge >= 0.3 is 14.1 Å². The van der Waals surface area contributed by atoms with Crippen LogP contribution in [0.3, 0.4) is 0 Å². The fourth-order valence-electron chi connectivity index (χ4n) is 4.84. The second-order valence-electron chi connectivity index (χ2n) is 10.1. The molecule has 0 spiro atoms. The number of carbonyl (C=O) groups is 1. The second-order valence-corrected chi connectivity index (χ2v) is 10.1. The highest BCUT2D eigenvalue weighted by atomic mass is 16.7. The lowest BCUT2D eigenvalue weighted by molar-refractivity contribution is -0.116. The Kier molecular flexibility index (Phi) is 6.01. The highest BCUT2D eigenvalue weighted by molar-refractivity contribution is 6.85. The van der Waals surface area contributed by atoms with Crippen LogP contribution in [0.1, 0.15) is 33.3 Å². The van der Waals surface area contributed by atoms with Crippen LogP contribution in [0.25, 0.3) is 16.2 Å². The molecule has 3 N–H and O–H groups in total. The molecule has 2 aliphatic heterocycles. The summed E-state index contributed by atoms with van der Waals surface area (Å²) in [5.74, 6) is 0.379. The van der Waals surface area contributed by atoms with E-state index in [1.165, 1.54) is 0 Å². The van der Waals surface area contributed by atoms with Gasteiger partial charge in [0, 0.05) is 34.8 Å². The van der Waals surface area contributed by atoms with Crippen molar-refractivity contribution in [2.24, 2.45) is 0 Å². The fourth-order valence-corrected chi connectivity index (χ4v) is 4.84. The Balaban J connectivity index is 1.74. The lowest BCUT2D eigenvalue weighted by atomic mass is 9.56. The Morgan fingerprint density at radius 2 is 1.47 bits per heavy atom. The Morgan fingerprint density at radius 3 is 2.03 bits per heavy atom. The summed E-state index contributed by atoms with van der Waals surface area (Å²) in [5.41, 5.74) is 2.52. The van der Waals surface area contributed by atoms with Crippen LogP contribution >= 0.6 is 0 Å². The van der Waals surface area contributed by atoms with Gasteiger partial charge in [-0.15, -0.1) is 0 Å². The van der Waals surface area contributed by atoms with Gasteiger partial charge in [-0.25, -0.2) is 0 Å². The van der Waals surface area contributed by atoms with Crippen molar-refractivity contribution in [1.82, 2.24) is 5.32 Å². The van der Waals surface area contributed by atoms with E-state index in [2.05, 4.69) is 27.9 Å². The summed E-state index contributed by atoms with van der Waals surface area (Å²) in [6, 6.07) is 19.8. The van der Waals surface area contributed by atoms with E-state index in [0.717, 1.165) is 27.7 Å². The second kappa shape index (κ2) is 8.91. The molecule has 0 saturated carbocycles. The predicted octanol–water partition coefficient (Wildman–Crippen LogP) is 4.54. The molecule has 7 nitrogen and oxygen atoms in total. The van der Waals surface area contributed by atoms with Gasteiger partial charge in [0.25, 0.3) is 0 Å². The number of para-hydroxylation sites is 1. The third-order valence-corrected chi connectivity index (χ3v) is 7.44. The molecule has 0 aromatic heterocycles. The van der Waals surface area contributed by atoms with E-state index in [1.54, 1.807) is 14.2 Å². The highest BCUT2D eigenvalue weighted by Crippen LogP contribution is 2.44. The number of methoxy groups -OCH3 is 1. The summed E-state index contributed by atoms with van der Waals surface area (Å²) in [6.45, 7) is 7.45. The molecule has 36 heavy (non-hydrogen) atoms. The number of amides is 1. The molecule has 3 aromatic carbocycles. The van der Waals surface area contributed by atoms with Gasteiger partial charge in [0.15, 0.2) is 0 Å². The minimum Gasteiger partial charge on any atom is -0.496 e. The quantitative estimate of drug-likeness (QED) is 0.365. The number of ether oxygens (including phenoxy) is 1. The van der Waals surface area contributed by atoms with Crippen LogP contribution in [-0.2, 0) is 14.1 Å². The third-order valence-electron chi connectivity index (χ3n) is 7.44. The molecular weight excluding hydrogens is 452 g/mol. The van der Waals surface area contributed by atoms with Crippen molar-refractivity contribution in [3.8, 4) is 5.75 Å². The monoisotopic (exact) mass is 483 g/mol. The molecule has 5 rings (SSSR count). The van der Waals surface area contributed by atoms with Crippen molar-refractivity contribution in [3.63, 3.8) is 0 Å². The number of carbonyl (C=O) groups excluding carboxylic acids is 1. The highest BCUT2D eigenvalue weighted by Gasteiger charge is 2.54. The fraction of sp³-hybridized carbons (Fsp3) is 0.296. The molecule has 1 amide bonds. The largest absolute Gasteiger partial charge is 0.496 e. The molecule has 2 heterocycles. The van der Waals surface area contributed by atoms with E-state index in [1.807, 2.05) is 76.2 Å². The molecule has 0 atom stereocenters. The third kappa shape index (κ3) is 3.92. The summed E-state index contributed by atoms with van der Waals surface area (Å²) in [6.07, 6.45) is 0. The number of likely N-dealkylation sites (N-methyl/N-ethyl adjacent to an activating group) is 1. The average molecular weight is 483 g/mol. The Labute approximate surface area is 212 Å². The van der Waals surface area contributed by atoms with Crippen LogP contribution in [0.4, 0.5) is 11.4 Å². The van der Waals surface area contributed by atoms with E-state index in [-0.39, 0.29) is 5.91 Å². The normalized spacial score (nSPS) is 18.3. The van der Waals surface area contributed by atoms with Crippen LogP contribution in [0.15, 0.2) is 66.1 Å². The first-order chi connectivity index (χ1) is 17.2. The van der Waals surface area contributed by atoms with E-state index < -0.39 is 25.3 Å². The molecule has 3 aromatic rings. The van der Waals surface area contributed by atoms with Gasteiger partial charge in [-0.3, -0.25) is 4.79 Å².